The Balaban J connectivity index is 1.76. The van der Waals surface area contributed by atoms with E-state index < -0.39 is 10.0 Å². The van der Waals surface area contributed by atoms with Crippen molar-refractivity contribution < 1.29 is 8.42 Å². The first-order valence-electron chi connectivity index (χ1n) is 5.47. The van der Waals surface area contributed by atoms with E-state index in [-0.39, 0.29) is 5.75 Å². The van der Waals surface area contributed by atoms with Crippen LogP contribution in [0.4, 0.5) is 0 Å². The highest BCUT2D eigenvalue weighted by Gasteiger charge is 2.25. The van der Waals surface area contributed by atoms with Gasteiger partial charge in [-0.2, -0.15) is 11.8 Å². The summed E-state index contributed by atoms with van der Waals surface area (Å²) in [6.45, 7) is 1.99. The molecule has 0 radical (unpaired) electrons. The molecule has 0 aromatic rings. The van der Waals surface area contributed by atoms with Crippen molar-refractivity contribution in [3.8, 4) is 0 Å². The second-order valence-corrected chi connectivity index (χ2v) is 7.37. The molecule has 0 spiro atoms. The van der Waals surface area contributed by atoms with Crippen LogP contribution in [0.25, 0.3) is 0 Å². The molecule has 1 N–H and O–H groups in total. The van der Waals surface area contributed by atoms with E-state index in [1.54, 1.807) is 4.31 Å². The molecule has 2 fully saturated rings. The van der Waals surface area contributed by atoms with Crippen molar-refractivity contribution in [2.45, 2.75) is 18.9 Å². The van der Waals surface area contributed by atoms with E-state index in [0.717, 1.165) is 11.5 Å². The van der Waals surface area contributed by atoms with Gasteiger partial charge in [-0.15, -0.1) is 0 Å². The molecule has 6 heteroatoms. The van der Waals surface area contributed by atoms with Gasteiger partial charge in [0.05, 0.1) is 5.75 Å². The third kappa shape index (κ3) is 3.62. The van der Waals surface area contributed by atoms with Gasteiger partial charge in [0.2, 0.25) is 10.0 Å². The summed E-state index contributed by atoms with van der Waals surface area (Å²) < 4.78 is 25.4. The average Bonchev–Trinajstić information content (AvgIpc) is 3.03. The van der Waals surface area contributed by atoms with Gasteiger partial charge in [-0.25, -0.2) is 12.7 Å². The summed E-state index contributed by atoms with van der Waals surface area (Å²) in [5.41, 5.74) is 0. The molecular formula is C9H18N2O2S2. The molecule has 1 aliphatic carbocycles. The zero-order valence-corrected chi connectivity index (χ0v) is 10.4. The van der Waals surface area contributed by atoms with Gasteiger partial charge < -0.3 is 5.32 Å². The molecule has 0 unspecified atom stereocenters. The molecule has 2 rings (SSSR count). The molecular weight excluding hydrogens is 232 g/mol. The van der Waals surface area contributed by atoms with Crippen LogP contribution in [-0.4, -0.2) is 55.7 Å². The monoisotopic (exact) mass is 250 g/mol. The summed E-state index contributed by atoms with van der Waals surface area (Å²) in [5.74, 6) is 2.14. The predicted octanol–water partition coefficient (Wildman–Crippen LogP) is 0.117. The third-order valence-electron chi connectivity index (χ3n) is 2.73. The van der Waals surface area contributed by atoms with Gasteiger partial charge in [0.1, 0.15) is 0 Å². The summed E-state index contributed by atoms with van der Waals surface area (Å²) in [6.07, 6.45) is 2.42. The second kappa shape index (κ2) is 5.03. The van der Waals surface area contributed by atoms with Crippen molar-refractivity contribution in [1.29, 1.82) is 0 Å². The number of thioether (sulfide) groups is 1. The Hall–Kier alpha value is 0.220. The molecule has 1 saturated carbocycles. The standard InChI is InChI=1S/C9H18N2O2S2/c12-15(13,8-3-10-9-1-2-9)11-4-6-14-7-5-11/h9-10H,1-8H2. The minimum absolute atomic E-state index is 0.258. The average molecular weight is 250 g/mol. The highest BCUT2D eigenvalue weighted by molar-refractivity contribution is 7.99. The van der Waals surface area contributed by atoms with Gasteiger partial charge in [-0.05, 0) is 12.8 Å². The van der Waals surface area contributed by atoms with E-state index in [4.69, 9.17) is 0 Å². The SMILES string of the molecule is O=S(=O)(CCNC1CC1)N1CCSCC1. The Morgan fingerprint density at radius 1 is 1.27 bits per heavy atom. The lowest BCUT2D eigenvalue weighted by molar-refractivity contribution is 0.442. The molecule has 0 aromatic carbocycles. The van der Waals surface area contributed by atoms with E-state index in [9.17, 15) is 8.42 Å². The molecule has 1 aliphatic heterocycles. The van der Waals surface area contributed by atoms with Gasteiger partial charge in [0.15, 0.2) is 0 Å². The molecule has 88 valence electrons. The quantitative estimate of drug-likeness (QED) is 0.753. The van der Waals surface area contributed by atoms with Gasteiger partial charge in [0.25, 0.3) is 0 Å². The van der Waals surface area contributed by atoms with Gasteiger partial charge >= 0.3 is 0 Å². The van der Waals surface area contributed by atoms with E-state index in [2.05, 4.69) is 5.32 Å². The summed E-state index contributed by atoms with van der Waals surface area (Å²) in [4.78, 5) is 0. The Morgan fingerprint density at radius 3 is 2.53 bits per heavy atom. The van der Waals surface area contributed by atoms with Crippen molar-refractivity contribution in [1.82, 2.24) is 9.62 Å². The number of sulfonamides is 1. The van der Waals surface area contributed by atoms with Gasteiger partial charge in [-0.1, -0.05) is 0 Å². The zero-order chi connectivity index (χ0) is 10.7. The first-order chi connectivity index (χ1) is 7.18. The highest BCUT2D eigenvalue weighted by Crippen LogP contribution is 2.18. The summed E-state index contributed by atoms with van der Waals surface area (Å²) in [5, 5.41) is 3.24. The summed E-state index contributed by atoms with van der Waals surface area (Å²) >= 11 is 1.83. The van der Waals surface area contributed by atoms with E-state index in [0.29, 0.717) is 25.7 Å². The van der Waals surface area contributed by atoms with Crippen LogP contribution in [0.2, 0.25) is 0 Å². The van der Waals surface area contributed by atoms with Crippen molar-refractivity contribution in [2.75, 3.05) is 36.9 Å². The van der Waals surface area contributed by atoms with Crippen LogP contribution < -0.4 is 5.32 Å². The van der Waals surface area contributed by atoms with Crippen molar-refractivity contribution >= 4 is 21.8 Å². The molecule has 0 atom stereocenters. The van der Waals surface area contributed by atoms with Gasteiger partial charge in [0, 0.05) is 37.2 Å². The molecule has 0 bridgehead atoms. The Bertz CT molecular complexity index is 295. The molecule has 4 nitrogen and oxygen atoms in total. The molecule has 15 heavy (non-hydrogen) atoms. The minimum atomic E-state index is -2.99. The zero-order valence-electron chi connectivity index (χ0n) is 8.81. The Kier molecular flexibility index (Phi) is 3.93. The van der Waals surface area contributed by atoms with E-state index >= 15 is 0 Å². The fourth-order valence-corrected chi connectivity index (χ4v) is 4.14. The smallest absolute Gasteiger partial charge is 0.215 e. The van der Waals surface area contributed by atoms with Crippen LogP contribution >= 0.6 is 11.8 Å². The molecule has 0 aromatic heterocycles. The largest absolute Gasteiger partial charge is 0.313 e. The van der Waals surface area contributed by atoms with Crippen LogP contribution in [0.1, 0.15) is 12.8 Å². The van der Waals surface area contributed by atoms with Crippen LogP contribution in [0.3, 0.4) is 0 Å². The maximum absolute atomic E-state index is 11.9. The third-order valence-corrected chi connectivity index (χ3v) is 5.55. The second-order valence-electron chi connectivity index (χ2n) is 4.06. The normalized spacial score (nSPS) is 24.3. The molecule has 1 heterocycles. The fraction of sp³-hybridized carbons (Fsp3) is 1.00. The maximum Gasteiger partial charge on any atom is 0.215 e. The lowest BCUT2D eigenvalue weighted by atomic mass is 10.6. The topological polar surface area (TPSA) is 49.4 Å². The fourth-order valence-electron chi connectivity index (χ4n) is 1.63. The maximum atomic E-state index is 11.9. The van der Waals surface area contributed by atoms with Gasteiger partial charge in [-0.3, -0.25) is 0 Å². The van der Waals surface area contributed by atoms with Crippen LogP contribution in [0.15, 0.2) is 0 Å². The van der Waals surface area contributed by atoms with Crippen LogP contribution in [0.5, 0.6) is 0 Å². The predicted molar refractivity (Wildman–Crippen MR) is 63.7 cm³/mol. The Morgan fingerprint density at radius 2 is 1.93 bits per heavy atom. The molecule has 0 amide bonds. The van der Waals surface area contributed by atoms with Crippen LogP contribution in [-0.2, 0) is 10.0 Å². The number of nitrogens with one attached hydrogen (secondary N) is 1. The van der Waals surface area contributed by atoms with Crippen molar-refractivity contribution in [3.05, 3.63) is 0 Å². The minimum Gasteiger partial charge on any atom is -0.313 e. The molecule has 1 saturated heterocycles. The number of hydrogen-bond donors (Lipinski definition) is 1. The summed E-state index contributed by atoms with van der Waals surface area (Å²) in [7, 11) is -2.99. The van der Waals surface area contributed by atoms with E-state index in [1.807, 2.05) is 11.8 Å². The van der Waals surface area contributed by atoms with Crippen molar-refractivity contribution in [2.24, 2.45) is 0 Å². The highest BCUT2D eigenvalue weighted by atomic mass is 32.2. The lowest BCUT2D eigenvalue weighted by Gasteiger charge is -2.25. The van der Waals surface area contributed by atoms with E-state index in [1.165, 1.54) is 12.8 Å². The first-order valence-corrected chi connectivity index (χ1v) is 8.24. The number of rotatable bonds is 5. The number of nitrogens with zero attached hydrogens (tertiary/aromatic N) is 1. The first kappa shape index (κ1) is 11.7. The molecule has 2 aliphatic rings. The Labute approximate surface area is 95.8 Å². The number of hydrogen-bond acceptors (Lipinski definition) is 4. The summed E-state index contributed by atoms with van der Waals surface area (Å²) in [6, 6.07) is 0.595. The lowest BCUT2D eigenvalue weighted by Crippen LogP contribution is -2.41. The van der Waals surface area contributed by atoms with Crippen molar-refractivity contribution in [3.63, 3.8) is 0 Å². The van der Waals surface area contributed by atoms with Crippen LogP contribution in [0, 0.1) is 0 Å².